The van der Waals surface area contributed by atoms with Gasteiger partial charge < -0.3 is 19.4 Å². The van der Waals surface area contributed by atoms with E-state index in [1.807, 2.05) is 36.0 Å². The number of nitrogens with one attached hydrogen (secondary N) is 1. The van der Waals surface area contributed by atoms with Crippen LogP contribution in [0.3, 0.4) is 0 Å². The van der Waals surface area contributed by atoms with Crippen molar-refractivity contribution in [2.45, 2.75) is 12.5 Å². The summed E-state index contributed by atoms with van der Waals surface area (Å²) in [5.41, 5.74) is 0.652. The molecule has 0 unspecified atom stereocenters. The zero-order chi connectivity index (χ0) is 17.6. The van der Waals surface area contributed by atoms with E-state index < -0.39 is 0 Å². The highest BCUT2D eigenvalue weighted by Crippen LogP contribution is 2.29. The van der Waals surface area contributed by atoms with Crippen molar-refractivity contribution in [1.82, 2.24) is 4.57 Å². The first-order chi connectivity index (χ1) is 12.2. The molecule has 3 aromatic rings. The van der Waals surface area contributed by atoms with Crippen LogP contribution in [0, 0.1) is 0 Å². The van der Waals surface area contributed by atoms with Gasteiger partial charge in [-0.1, -0.05) is 6.07 Å². The lowest BCUT2D eigenvalue weighted by molar-refractivity contribution is -0.116. The minimum atomic E-state index is -0.0672. The molecule has 0 bridgehead atoms. The highest BCUT2D eigenvalue weighted by molar-refractivity contribution is 7.10. The molecular formula is C19H20N2O3S. The molecule has 0 fully saturated rings. The Morgan fingerprint density at radius 3 is 2.36 bits per heavy atom. The Morgan fingerprint density at radius 1 is 1.12 bits per heavy atom. The fourth-order valence-electron chi connectivity index (χ4n) is 2.66. The molecule has 6 heteroatoms. The monoisotopic (exact) mass is 356 g/mol. The molecule has 0 aliphatic heterocycles. The van der Waals surface area contributed by atoms with Crippen LogP contribution in [0.1, 0.15) is 17.3 Å². The average Bonchev–Trinajstić information content (AvgIpc) is 3.33. The minimum absolute atomic E-state index is 0.0255. The molecular weight excluding hydrogens is 336 g/mol. The van der Waals surface area contributed by atoms with Gasteiger partial charge in [0, 0.05) is 41.2 Å². The number of anilines is 1. The third-order valence-electron chi connectivity index (χ3n) is 3.87. The van der Waals surface area contributed by atoms with Crippen LogP contribution in [0.2, 0.25) is 0 Å². The van der Waals surface area contributed by atoms with E-state index in [4.69, 9.17) is 9.47 Å². The number of hydrogen-bond acceptors (Lipinski definition) is 4. The van der Waals surface area contributed by atoms with Crippen molar-refractivity contribution in [1.29, 1.82) is 0 Å². The van der Waals surface area contributed by atoms with Gasteiger partial charge in [-0.15, -0.1) is 11.3 Å². The number of amides is 1. The number of thiophene rings is 1. The maximum absolute atomic E-state index is 12.6. The number of nitrogens with zero attached hydrogens (tertiary/aromatic N) is 1. The number of benzene rings is 1. The summed E-state index contributed by atoms with van der Waals surface area (Å²) in [7, 11) is 3.17. The summed E-state index contributed by atoms with van der Waals surface area (Å²) in [4.78, 5) is 13.8. The second-order valence-corrected chi connectivity index (χ2v) is 6.49. The van der Waals surface area contributed by atoms with E-state index in [0.717, 1.165) is 4.88 Å². The van der Waals surface area contributed by atoms with Crippen molar-refractivity contribution in [2.75, 3.05) is 19.5 Å². The Hall–Kier alpha value is -2.73. The molecule has 1 atom stereocenters. The molecule has 1 aromatic carbocycles. The SMILES string of the molecule is COc1cc(NC(=O)C[C@H](c2cccs2)n2cccc2)cc(OC)c1. The highest BCUT2D eigenvalue weighted by Gasteiger charge is 2.18. The van der Waals surface area contributed by atoms with Crippen molar-refractivity contribution in [3.63, 3.8) is 0 Å². The van der Waals surface area contributed by atoms with Crippen LogP contribution in [0.25, 0.3) is 0 Å². The molecule has 3 rings (SSSR count). The van der Waals surface area contributed by atoms with Gasteiger partial charge in [0.05, 0.1) is 26.7 Å². The first kappa shape index (κ1) is 17.1. The van der Waals surface area contributed by atoms with Gasteiger partial charge in [0.15, 0.2) is 0 Å². The topological polar surface area (TPSA) is 52.5 Å². The number of aromatic nitrogens is 1. The van der Waals surface area contributed by atoms with Gasteiger partial charge >= 0.3 is 0 Å². The smallest absolute Gasteiger partial charge is 0.226 e. The number of hydrogen-bond donors (Lipinski definition) is 1. The summed E-state index contributed by atoms with van der Waals surface area (Å²) < 4.78 is 12.5. The van der Waals surface area contributed by atoms with E-state index in [-0.39, 0.29) is 11.9 Å². The molecule has 0 saturated heterocycles. The maximum Gasteiger partial charge on any atom is 0.226 e. The summed E-state index contributed by atoms with van der Waals surface area (Å²) in [6.45, 7) is 0. The second-order valence-electron chi connectivity index (χ2n) is 5.52. The molecule has 2 aromatic heterocycles. The van der Waals surface area contributed by atoms with Crippen LogP contribution in [0.5, 0.6) is 11.5 Å². The van der Waals surface area contributed by atoms with Crippen molar-refractivity contribution in [2.24, 2.45) is 0 Å². The van der Waals surface area contributed by atoms with Crippen LogP contribution in [0.4, 0.5) is 5.69 Å². The number of carbonyl (C=O) groups is 1. The summed E-state index contributed by atoms with van der Waals surface area (Å²) >= 11 is 1.65. The summed E-state index contributed by atoms with van der Waals surface area (Å²) in [6.07, 6.45) is 4.30. The lowest BCUT2D eigenvalue weighted by Crippen LogP contribution is -2.19. The molecule has 5 nitrogen and oxygen atoms in total. The standard InChI is InChI=1S/C19H20N2O3S/c1-23-15-10-14(11-16(12-15)24-2)20-19(22)13-17(18-6-5-9-25-18)21-7-3-4-8-21/h3-12,17H,13H2,1-2H3,(H,20,22)/t17-/m1/s1. The van der Waals surface area contributed by atoms with Crippen LogP contribution in [-0.4, -0.2) is 24.7 Å². The lowest BCUT2D eigenvalue weighted by atomic mass is 10.1. The predicted octanol–water partition coefficient (Wildman–Crippen LogP) is 4.19. The summed E-state index contributed by atoms with van der Waals surface area (Å²) in [5, 5.41) is 4.96. The summed E-state index contributed by atoms with van der Waals surface area (Å²) in [6, 6.07) is 13.3. The van der Waals surface area contributed by atoms with Gasteiger partial charge in [0.25, 0.3) is 0 Å². The second kappa shape index (κ2) is 7.90. The van der Waals surface area contributed by atoms with Crippen LogP contribution in [0.15, 0.2) is 60.2 Å². The van der Waals surface area contributed by atoms with E-state index in [2.05, 4.69) is 16.0 Å². The van der Waals surface area contributed by atoms with Gasteiger partial charge in [-0.05, 0) is 23.6 Å². The largest absolute Gasteiger partial charge is 0.497 e. The van der Waals surface area contributed by atoms with E-state index in [9.17, 15) is 4.79 Å². The zero-order valence-corrected chi connectivity index (χ0v) is 15.0. The Morgan fingerprint density at radius 2 is 1.80 bits per heavy atom. The molecule has 0 aliphatic carbocycles. The number of rotatable bonds is 7. The Balaban J connectivity index is 1.76. The predicted molar refractivity (Wildman–Crippen MR) is 99.7 cm³/mol. The van der Waals surface area contributed by atoms with E-state index >= 15 is 0 Å². The van der Waals surface area contributed by atoms with Crippen LogP contribution < -0.4 is 14.8 Å². The van der Waals surface area contributed by atoms with Crippen molar-refractivity contribution < 1.29 is 14.3 Å². The molecule has 0 aliphatic rings. The van der Waals surface area contributed by atoms with E-state index in [1.165, 1.54) is 0 Å². The van der Waals surface area contributed by atoms with Crippen molar-refractivity contribution in [3.8, 4) is 11.5 Å². The number of carbonyl (C=O) groups excluding carboxylic acids is 1. The van der Waals surface area contributed by atoms with Gasteiger partial charge in [-0.2, -0.15) is 0 Å². The van der Waals surface area contributed by atoms with E-state index in [0.29, 0.717) is 23.6 Å². The fraction of sp³-hybridized carbons (Fsp3) is 0.211. The molecule has 0 spiro atoms. The van der Waals surface area contributed by atoms with E-state index in [1.54, 1.807) is 43.8 Å². The molecule has 1 N–H and O–H groups in total. The first-order valence-electron chi connectivity index (χ1n) is 7.88. The van der Waals surface area contributed by atoms with Crippen molar-refractivity contribution >= 4 is 22.9 Å². The molecule has 0 radical (unpaired) electrons. The third-order valence-corrected chi connectivity index (χ3v) is 4.85. The quantitative estimate of drug-likeness (QED) is 0.691. The molecule has 0 saturated carbocycles. The normalized spacial score (nSPS) is 11.8. The van der Waals surface area contributed by atoms with Crippen molar-refractivity contribution in [3.05, 3.63) is 65.1 Å². The van der Waals surface area contributed by atoms with Gasteiger partial charge in [0.1, 0.15) is 11.5 Å². The Kier molecular flexibility index (Phi) is 5.40. The number of methoxy groups -OCH3 is 2. The average molecular weight is 356 g/mol. The first-order valence-corrected chi connectivity index (χ1v) is 8.76. The fourth-order valence-corrected chi connectivity index (χ4v) is 3.49. The maximum atomic E-state index is 12.6. The number of ether oxygens (including phenoxy) is 2. The van der Waals surface area contributed by atoms with Crippen LogP contribution in [-0.2, 0) is 4.79 Å². The molecule has 25 heavy (non-hydrogen) atoms. The third kappa shape index (κ3) is 4.22. The Labute approximate surface area is 150 Å². The molecule has 2 heterocycles. The molecule has 1 amide bonds. The van der Waals surface area contributed by atoms with Crippen LogP contribution >= 0.6 is 11.3 Å². The van der Waals surface area contributed by atoms with Gasteiger partial charge in [-0.3, -0.25) is 4.79 Å². The van der Waals surface area contributed by atoms with Gasteiger partial charge in [0.2, 0.25) is 5.91 Å². The lowest BCUT2D eigenvalue weighted by Gasteiger charge is -2.18. The molecule has 130 valence electrons. The Bertz CT molecular complexity index is 757. The summed E-state index contributed by atoms with van der Waals surface area (Å²) in [5.74, 6) is 1.20. The van der Waals surface area contributed by atoms with Gasteiger partial charge in [-0.25, -0.2) is 0 Å². The minimum Gasteiger partial charge on any atom is -0.497 e. The zero-order valence-electron chi connectivity index (χ0n) is 14.1. The highest BCUT2D eigenvalue weighted by atomic mass is 32.1.